The Morgan fingerprint density at radius 3 is 2.32 bits per heavy atom. The third-order valence-corrected chi connectivity index (χ3v) is 5.69. The molecule has 0 atom stereocenters. The Morgan fingerprint density at radius 2 is 1.71 bits per heavy atom. The number of carbonyl (C=O) groups excluding carboxylic acids is 1. The maximum atomic E-state index is 13.3. The van der Waals surface area contributed by atoms with Crippen molar-refractivity contribution in [2.24, 2.45) is 0 Å². The summed E-state index contributed by atoms with van der Waals surface area (Å²) in [5.74, 6) is 3.47. The van der Waals surface area contributed by atoms with E-state index in [1.54, 1.807) is 18.2 Å². The molecule has 34 heavy (non-hydrogen) atoms. The van der Waals surface area contributed by atoms with E-state index in [4.69, 9.17) is 16.1 Å². The lowest BCUT2D eigenvalue weighted by Gasteiger charge is -2.13. The molecule has 1 heterocycles. The highest BCUT2D eigenvalue weighted by atomic mass is 16.5. The number of aromatic nitrogens is 2. The predicted molar refractivity (Wildman–Crippen MR) is 138 cm³/mol. The van der Waals surface area contributed by atoms with Gasteiger partial charge in [-0.15, -0.1) is 6.42 Å². The lowest BCUT2D eigenvalue weighted by molar-refractivity contribution is 0.103. The topological polar surface area (TPSA) is 55.3 Å². The van der Waals surface area contributed by atoms with Crippen molar-refractivity contribution in [1.82, 2.24) is 9.97 Å². The molecular formula is C29H27N3O2. The normalized spacial score (nSPS) is 10.8. The fourth-order valence-corrected chi connectivity index (χ4v) is 3.71. The average Bonchev–Trinajstić information content (AvgIpc) is 2.86. The molecule has 0 saturated heterocycles. The number of benzene rings is 3. The first-order valence-corrected chi connectivity index (χ1v) is 11.2. The molecule has 5 nitrogen and oxygen atoms in total. The molecular weight excluding hydrogens is 422 g/mol. The van der Waals surface area contributed by atoms with E-state index in [1.165, 1.54) is 5.56 Å². The molecule has 5 heteroatoms. The Morgan fingerprint density at radius 1 is 1.00 bits per heavy atom. The number of hydrogen-bond donors (Lipinski definition) is 0. The van der Waals surface area contributed by atoms with Gasteiger partial charge in [-0.1, -0.05) is 44.0 Å². The molecule has 0 aliphatic rings. The number of hydrogen-bond acceptors (Lipinski definition) is 5. The van der Waals surface area contributed by atoms with Gasteiger partial charge >= 0.3 is 0 Å². The van der Waals surface area contributed by atoms with E-state index in [0.29, 0.717) is 28.4 Å². The van der Waals surface area contributed by atoms with Crippen molar-refractivity contribution in [3.63, 3.8) is 0 Å². The second-order valence-corrected chi connectivity index (χ2v) is 8.61. The highest BCUT2D eigenvalue weighted by molar-refractivity contribution is 6.08. The van der Waals surface area contributed by atoms with Gasteiger partial charge in [0, 0.05) is 36.3 Å². The van der Waals surface area contributed by atoms with Crippen LogP contribution in [0.1, 0.15) is 41.5 Å². The molecule has 0 aliphatic heterocycles. The summed E-state index contributed by atoms with van der Waals surface area (Å²) < 4.78 is 5.62. The first-order valence-electron chi connectivity index (χ1n) is 11.2. The summed E-state index contributed by atoms with van der Waals surface area (Å²) in [5.41, 5.74) is 5.04. The molecule has 0 N–H and O–H groups in total. The van der Waals surface area contributed by atoms with Crippen LogP contribution < -0.4 is 9.64 Å². The Bertz CT molecular complexity index is 1370. The molecule has 0 bridgehead atoms. The first-order chi connectivity index (χ1) is 16.4. The zero-order valence-electron chi connectivity index (χ0n) is 19.9. The molecule has 0 radical (unpaired) electrons. The number of nitrogens with zero attached hydrogens (tertiary/aromatic N) is 3. The van der Waals surface area contributed by atoms with Crippen molar-refractivity contribution in [2.45, 2.75) is 19.8 Å². The lowest BCUT2D eigenvalue weighted by atomic mass is 9.99. The Kier molecular flexibility index (Phi) is 6.60. The van der Waals surface area contributed by atoms with Gasteiger partial charge < -0.3 is 9.64 Å². The fraction of sp³-hybridized carbons (Fsp3) is 0.207. The molecule has 0 saturated carbocycles. The molecule has 0 spiro atoms. The van der Waals surface area contributed by atoms with Crippen molar-refractivity contribution < 1.29 is 9.53 Å². The van der Waals surface area contributed by atoms with E-state index in [0.717, 1.165) is 16.6 Å². The Balaban J connectivity index is 1.83. The largest absolute Gasteiger partial charge is 0.481 e. The van der Waals surface area contributed by atoms with Crippen molar-refractivity contribution in [3.8, 4) is 29.4 Å². The highest BCUT2D eigenvalue weighted by Gasteiger charge is 2.18. The fourth-order valence-electron chi connectivity index (χ4n) is 3.71. The number of rotatable bonds is 7. The van der Waals surface area contributed by atoms with Gasteiger partial charge in [0.2, 0.25) is 11.6 Å². The van der Waals surface area contributed by atoms with Crippen LogP contribution in [0.25, 0.3) is 22.2 Å². The summed E-state index contributed by atoms with van der Waals surface area (Å²) in [6.45, 7) is 4.48. The van der Waals surface area contributed by atoms with Crippen LogP contribution in [0.3, 0.4) is 0 Å². The Hall–Kier alpha value is -4.17. The number of carbonyl (C=O) groups is 1. The summed E-state index contributed by atoms with van der Waals surface area (Å²) in [5, 5.41) is 0.798. The van der Waals surface area contributed by atoms with Crippen molar-refractivity contribution in [3.05, 3.63) is 83.7 Å². The van der Waals surface area contributed by atoms with Gasteiger partial charge in [-0.05, 0) is 53.9 Å². The van der Waals surface area contributed by atoms with Gasteiger partial charge in [0.25, 0.3) is 0 Å². The zero-order chi connectivity index (χ0) is 24.2. The molecule has 4 rings (SSSR count). The van der Waals surface area contributed by atoms with Crippen LogP contribution in [0, 0.1) is 12.3 Å². The van der Waals surface area contributed by atoms with E-state index >= 15 is 0 Å². The van der Waals surface area contributed by atoms with Gasteiger partial charge in [0.1, 0.15) is 12.4 Å². The van der Waals surface area contributed by atoms with Crippen LogP contribution in [0.5, 0.6) is 5.75 Å². The average molecular weight is 450 g/mol. The van der Waals surface area contributed by atoms with E-state index in [1.807, 2.05) is 55.4 Å². The van der Waals surface area contributed by atoms with Crippen molar-refractivity contribution in [2.75, 3.05) is 25.6 Å². The third-order valence-electron chi connectivity index (χ3n) is 5.69. The molecule has 0 aliphatic carbocycles. The minimum atomic E-state index is -0.222. The standard InChI is InChI=1S/C29H27N3O2/c1-6-17-34-24-15-16-26-25(18-24)27(21-9-7-20(8-10-21)19(2)3)31-29(30-26)28(33)22-11-13-23(14-12-22)32(4)5/h1,7-16,18-19H,17H2,2-5H3. The van der Waals surface area contributed by atoms with Gasteiger partial charge in [0.15, 0.2) is 0 Å². The smallest absolute Gasteiger partial charge is 0.230 e. The lowest BCUT2D eigenvalue weighted by Crippen LogP contribution is -2.11. The van der Waals surface area contributed by atoms with Crippen LogP contribution in [-0.2, 0) is 0 Å². The molecule has 4 aromatic rings. The highest BCUT2D eigenvalue weighted by Crippen LogP contribution is 2.31. The van der Waals surface area contributed by atoms with E-state index < -0.39 is 0 Å². The van der Waals surface area contributed by atoms with Gasteiger partial charge in [0.05, 0.1) is 11.2 Å². The summed E-state index contributed by atoms with van der Waals surface area (Å²) in [7, 11) is 3.92. The molecule has 1 aromatic heterocycles. The second kappa shape index (κ2) is 9.76. The maximum Gasteiger partial charge on any atom is 0.230 e. The van der Waals surface area contributed by atoms with Crippen LogP contribution in [-0.4, -0.2) is 36.5 Å². The molecule has 0 amide bonds. The summed E-state index contributed by atoms with van der Waals surface area (Å²) in [6, 6.07) is 21.2. The van der Waals surface area contributed by atoms with E-state index in [9.17, 15) is 4.79 Å². The quantitative estimate of drug-likeness (QED) is 0.266. The first kappa shape index (κ1) is 23.0. The monoisotopic (exact) mass is 449 g/mol. The van der Waals surface area contributed by atoms with Crippen molar-refractivity contribution in [1.29, 1.82) is 0 Å². The van der Waals surface area contributed by atoms with Gasteiger partial charge in [-0.25, -0.2) is 9.97 Å². The number of fused-ring (bicyclic) bond motifs is 1. The minimum absolute atomic E-state index is 0.158. The van der Waals surface area contributed by atoms with E-state index in [2.05, 4.69) is 36.9 Å². The van der Waals surface area contributed by atoms with Gasteiger partial charge in [-0.3, -0.25) is 4.79 Å². The number of terminal acetylenes is 1. The summed E-state index contributed by atoms with van der Waals surface area (Å²) >= 11 is 0. The van der Waals surface area contributed by atoms with Crippen LogP contribution in [0.2, 0.25) is 0 Å². The molecule has 0 unspecified atom stereocenters. The predicted octanol–water partition coefficient (Wildman–Crippen LogP) is 5.73. The number of anilines is 1. The molecule has 0 fully saturated rings. The van der Waals surface area contributed by atoms with Crippen molar-refractivity contribution >= 4 is 22.4 Å². The summed E-state index contributed by atoms with van der Waals surface area (Å²) in [4.78, 5) is 24.6. The molecule has 170 valence electrons. The third kappa shape index (κ3) is 4.77. The maximum absolute atomic E-state index is 13.3. The Labute approximate surface area is 200 Å². The number of ether oxygens (including phenoxy) is 1. The van der Waals surface area contributed by atoms with Crippen LogP contribution in [0.15, 0.2) is 66.7 Å². The summed E-state index contributed by atoms with van der Waals surface area (Å²) in [6.07, 6.45) is 5.34. The SMILES string of the molecule is C#CCOc1ccc2nc(C(=O)c3ccc(N(C)C)cc3)nc(-c3ccc(C(C)C)cc3)c2c1. The van der Waals surface area contributed by atoms with Gasteiger partial charge in [-0.2, -0.15) is 0 Å². The van der Waals surface area contributed by atoms with Crippen LogP contribution in [0.4, 0.5) is 5.69 Å². The molecule has 3 aromatic carbocycles. The zero-order valence-corrected chi connectivity index (χ0v) is 19.9. The minimum Gasteiger partial charge on any atom is -0.481 e. The number of ketones is 1. The van der Waals surface area contributed by atoms with Crippen LogP contribution >= 0.6 is 0 Å². The second-order valence-electron chi connectivity index (χ2n) is 8.61. The van der Waals surface area contributed by atoms with E-state index in [-0.39, 0.29) is 18.2 Å².